The number of nitrogens with one attached hydrogen (secondary N) is 3. The lowest BCUT2D eigenvalue weighted by Crippen LogP contribution is -2.39. The van der Waals surface area contributed by atoms with Gasteiger partial charge in [-0.1, -0.05) is 18.2 Å². The molecule has 0 saturated carbocycles. The fourth-order valence-corrected chi connectivity index (χ4v) is 3.17. The van der Waals surface area contributed by atoms with Crippen molar-refractivity contribution in [2.45, 2.75) is 20.4 Å². The van der Waals surface area contributed by atoms with Crippen molar-refractivity contribution < 1.29 is 14.2 Å². The van der Waals surface area contributed by atoms with Crippen LogP contribution in [0, 0.1) is 5.41 Å². The number of hydrogen-bond acceptors (Lipinski definition) is 8. The van der Waals surface area contributed by atoms with Gasteiger partial charge in [-0.2, -0.15) is 4.99 Å². The predicted molar refractivity (Wildman–Crippen MR) is 123 cm³/mol. The van der Waals surface area contributed by atoms with Crippen molar-refractivity contribution in [2.24, 2.45) is 9.98 Å². The molecule has 0 spiro atoms. The number of ether oxygens (including phenoxy) is 3. The number of nitrogens with zero attached hydrogens (tertiary/aromatic N) is 2. The molecule has 162 valence electrons. The van der Waals surface area contributed by atoms with Crippen LogP contribution in [-0.4, -0.2) is 38.8 Å². The molecule has 0 aliphatic carbocycles. The Morgan fingerprint density at radius 1 is 0.968 bits per heavy atom. The second kappa shape index (κ2) is 9.80. The fraction of sp³-hybridized carbons (Fsp3) is 0.261. The van der Waals surface area contributed by atoms with Gasteiger partial charge in [-0.3, -0.25) is 0 Å². The van der Waals surface area contributed by atoms with Crippen LogP contribution in [-0.2, 0) is 6.54 Å². The van der Waals surface area contributed by atoms with E-state index < -0.39 is 0 Å². The van der Waals surface area contributed by atoms with Gasteiger partial charge in [-0.25, -0.2) is 4.99 Å². The van der Waals surface area contributed by atoms with Gasteiger partial charge in [0.25, 0.3) is 0 Å². The summed E-state index contributed by atoms with van der Waals surface area (Å²) >= 11 is 0. The van der Waals surface area contributed by atoms with Gasteiger partial charge in [-0.15, -0.1) is 0 Å². The Morgan fingerprint density at radius 3 is 2.29 bits per heavy atom. The largest absolute Gasteiger partial charge is 0.497 e. The number of rotatable bonds is 7. The van der Waals surface area contributed by atoms with Crippen LogP contribution < -0.4 is 24.8 Å². The van der Waals surface area contributed by atoms with E-state index in [4.69, 9.17) is 19.6 Å². The first kappa shape index (κ1) is 21.9. The highest BCUT2D eigenvalue weighted by atomic mass is 16.5. The second-order valence-electron chi connectivity index (χ2n) is 6.86. The number of methoxy groups -OCH3 is 3. The van der Waals surface area contributed by atoms with E-state index in [0.29, 0.717) is 46.9 Å². The quantitative estimate of drug-likeness (QED) is 0.593. The number of guanidine groups is 1. The number of amidine groups is 1. The molecule has 0 atom stereocenters. The summed E-state index contributed by atoms with van der Waals surface area (Å²) in [5, 5.41) is 14.9. The lowest BCUT2D eigenvalue weighted by molar-refractivity contribution is 0.355. The summed E-state index contributed by atoms with van der Waals surface area (Å²) in [5.41, 5.74) is 2.89. The summed E-state index contributed by atoms with van der Waals surface area (Å²) in [5.74, 6) is 3.72. The van der Waals surface area contributed by atoms with E-state index in [-0.39, 0.29) is 0 Å². The summed E-state index contributed by atoms with van der Waals surface area (Å²) in [6.45, 7) is 4.12. The van der Waals surface area contributed by atoms with Crippen LogP contribution in [0.15, 0.2) is 58.3 Å². The van der Waals surface area contributed by atoms with Crippen LogP contribution in [0.5, 0.6) is 17.2 Å². The molecule has 2 aromatic rings. The van der Waals surface area contributed by atoms with Gasteiger partial charge in [0.05, 0.1) is 21.3 Å². The zero-order valence-corrected chi connectivity index (χ0v) is 18.4. The molecule has 1 aliphatic rings. The molecule has 0 saturated heterocycles. The second-order valence-corrected chi connectivity index (χ2v) is 6.86. The van der Waals surface area contributed by atoms with Gasteiger partial charge in [0.2, 0.25) is 5.96 Å². The molecule has 0 unspecified atom stereocenters. The molecule has 1 heterocycles. The van der Waals surface area contributed by atoms with Crippen molar-refractivity contribution in [3.63, 3.8) is 0 Å². The van der Waals surface area contributed by atoms with Crippen LogP contribution in [0.3, 0.4) is 0 Å². The maximum atomic E-state index is 8.35. The summed E-state index contributed by atoms with van der Waals surface area (Å²) in [6, 6.07) is 13.3. The zero-order chi connectivity index (χ0) is 22.4. The summed E-state index contributed by atoms with van der Waals surface area (Å²) in [6.07, 6.45) is 0. The van der Waals surface area contributed by atoms with Crippen LogP contribution in [0.25, 0.3) is 5.57 Å². The first-order valence-electron chi connectivity index (χ1n) is 9.75. The maximum absolute atomic E-state index is 8.35. The molecular weight excluding hydrogens is 394 g/mol. The molecule has 2 aromatic carbocycles. The molecule has 31 heavy (non-hydrogen) atoms. The monoisotopic (exact) mass is 421 g/mol. The first-order chi connectivity index (χ1) is 14.9. The van der Waals surface area contributed by atoms with Gasteiger partial charge >= 0.3 is 0 Å². The maximum Gasteiger partial charge on any atom is 0.203 e. The van der Waals surface area contributed by atoms with E-state index in [0.717, 1.165) is 16.9 Å². The molecule has 8 heteroatoms. The predicted octanol–water partition coefficient (Wildman–Crippen LogP) is 3.59. The topological polar surface area (TPSA) is 100 Å². The lowest BCUT2D eigenvalue weighted by Gasteiger charge is -2.20. The minimum atomic E-state index is 0.364. The Balaban J connectivity index is 1.87. The number of benzene rings is 2. The smallest absolute Gasteiger partial charge is 0.203 e. The van der Waals surface area contributed by atoms with Crippen LogP contribution >= 0.6 is 0 Å². The molecule has 3 rings (SSSR count). The zero-order valence-electron chi connectivity index (χ0n) is 18.4. The Labute approximate surface area is 182 Å². The van der Waals surface area contributed by atoms with Crippen molar-refractivity contribution >= 4 is 23.1 Å². The minimum absolute atomic E-state index is 0.364. The Bertz CT molecular complexity index is 1060. The fourth-order valence-electron chi connectivity index (χ4n) is 3.17. The highest BCUT2D eigenvalue weighted by molar-refractivity contribution is 6.23. The van der Waals surface area contributed by atoms with Crippen molar-refractivity contribution in [3.05, 3.63) is 59.4 Å². The highest BCUT2D eigenvalue weighted by Crippen LogP contribution is 2.32. The third kappa shape index (κ3) is 5.22. The minimum Gasteiger partial charge on any atom is -0.497 e. The van der Waals surface area contributed by atoms with Crippen LogP contribution in [0.4, 0.5) is 0 Å². The molecule has 0 amide bonds. The van der Waals surface area contributed by atoms with Gasteiger partial charge in [0.15, 0.2) is 11.5 Å². The Kier molecular flexibility index (Phi) is 6.92. The van der Waals surface area contributed by atoms with Gasteiger partial charge in [0, 0.05) is 17.8 Å². The van der Waals surface area contributed by atoms with Crippen LogP contribution in [0.2, 0.25) is 0 Å². The molecule has 3 N–H and O–H groups in total. The van der Waals surface area contributed by atoms with Crippen LogP contribution in [0.1, 0.15) is 25.0 Å². The van der Waals surface area contributed by atoms with Crippen molar-refractivity contribution in [3.8, 4) is 17.2 Å². The lowest BCUT2D eigenvalue weighted by atomic mass is 10.0. The summed E-state index contributed by atoms with van der Waals surface area (Å²) in [7, 11) is 4.82. The average Bonchev–Trinajstić information content (AvgIpc) is 2.77. The van der Waals surface area contributed by atoms with Crippen molar-refractivity contribution in [1.29, 1.82) is 5.41 Å². The molecule has 0 bridgehead atoms. The first-order valence-corrected chi connectivity index (χ1v) is 9.75. The standard InChI is InChI=1S/C23H27N5O3/c1-14(24)21(17-8-11-19(30-4)20(12-17)31-5)22-26-15(2)27-23(28-22)25-13-16-6-9-18(29-3)10-7-16/h6-12,24H,13H2,1-5H3,(H2,25,26,27,28)/b22-21+,24-14?. The third-order valence-corrected chi connectivity index (χ3v) is 4.69. The average molecular weight is 422 g/mol. The normalized spacial score (nSPS) is 14.6. The molecular formula is C23H27N5O3. The Hall–Kier alpha value is -3.81. The van der Waals surface area contributed by atoms with Gasteiger partial charge in [-0.05, 0) is 49.2 Å². The van der Waals surface area contributed by atoms with Crippen molar-refractivity contribution in [1.82, 2.24) is 10.6 Å². The van der Waals surface area contributed by atoms with E-state index in [2.05, 4.69) is 20.6 Å². The van der Waals surface area contributed by atoms with E-state index in [1.807, 2.05) is 49.4 Å². The summed E-state index contributed by atoms with van der Waals surface area (Å²) in [4.78, 5) is 8.98. The van der Waals surface area contributed by atoms with Crippen molar-refractivity contribution in [2.75, 3.05) is 21.3 Å². The Morgan fingerprint density at radius 2 is 1.68 bits per heavy atom. The molecule has 0 aromatic heterocycles. The number of allylic oxidation sites excluding steroid dienone is 1. The molecule has 0 fully saturated rings. The molecule has 1 aliphatic heterocycles. The van der Waals surface area contributed by atoms with Gasteiger partial charge in [0.1, 0.15) is 17.4 Å². The van der Waals surface area contributed by atoms with Gasteiger partial charge < -0.3 is 30.3 Å². The molecule has 8 nitrogen and oxygen atoms in total. The summed E-state index contributed by atoms with van der Waals surface area (Å²) < 4.78 is 15.9. The van der Waals surface area contributed by atoms with E-state index in [1.54, 1.807) is 28.3 Å². The molecule has 0 radical (unpaired) electrons. The number of hydrogen-bond donors (Lipinski definition) is 3. The van der Waals surface area contributed by atoms with E-state index >= 15 is 0 Å². The third-order valence-electron chi connectivity index (χ3n) is 4.69. The highest BCUT2D eigenvalue weighted by Gasteiger charge is 2.18. The number of aliphatic imine (C=N–C) groups is 2. The van der Waals surface area contributed by atoms with E-state index in [1.165, 1.54) is 0 Å². The van der Waals surface area contributed by atoms with E-state index in [9.17, 15) is 0 Å². The SMILES string of the molecule is COc1ccc(CNC2=NC(C)=N/C(=C(/C(C)=N)c3ccc(OC)c(OC)c3)N2)cc1.